The minimum atomic E-state index is -3.47. The molecule has 0 aliphatic carbocycles. The van der Waals surface area contributed by atoms with Crippen LogP contribution in [0, 0.1) is 0 Å². The fourth-order valence-electron chi connectivity index (χ4n) is 2.51. The Morgan fingerprint density at radius 3 is 2.83 bits per heavy atom. The van der Waals surface area contributed by atoms with Crippen LogP contribution in [0.25, 0.3) is 10.9 Å². The number of carbonyl (C=O) groups excluding carboxylic acids is 1. The monoisotopic (exact) mass is 368 g/mol. The van der Waals surface area contributed by atoms with Crippen molar-refractivity contribution in [2.75, 3.05) is 6.61 Å². The molecule has 5 nitrogen and oxygen atoms in total. The third kappa shape index (κ3) is 2.72. The number of hydrogen-bond acceptors (Lipinski definition) is 4. The van der Waals surface area contributed by atoms with Crippen LogP contribution in [0.2, 0.25) is 5.02 Å². The molecule has 1 atom stereocenters. The molecular formula is C15H14ClN2O3PS. The van der Waals surface area contributed by atoms with E-state index in [2.05, 4.69) is 4.98 Å². The third-order valence-corrected chi connectivity index (χ3v) is 7.16. The maximum Gasteiger partial charge on any atom is 0.266 e. The summed E-state index contributed by atoms with van der Waals surface area (Å²) in [5.41, 5.74) is 6.21. The Morgan fingerprint density at radius 1 is 1.43 bits per heavy atom. The van der Waals surface area contributed by atoms with Gasteiger partial charge in [0.05, 0.1) is 17.2 Å². The molecular weight excluding hydrogens is 355 g/mol. The van der Waals surface area contributed by atoms with Crippen LogP contribution in [0.5, 0.6) is 0 Å². The molecule has 0 aliphatic heterocycles. The molecule has 1 amide bonds. The number of nitrogens with two attached hydrogens (primary N) is 1. The molecule has 0 bridgehead atoms. The van der Waals surface area contributed by atoms with Crippen LogP contribution in [0.15, 0.2) is 35.0 Å². The molecule has 0 aliphatic rings. The van der Waals surface area contributed by atoms with E-state index in [1.165, 1.54) is 11.3 Å². The van der Waals surface area contributed by atoms with Crippen LogP contribution in [-0.2, 0) is 9.09 Å². The molecule has 0 radical (unpaired) electrons. The first-order valence-corrected chi connectivity index (χ1v) is 9.81. The van der Waals surface area contributed by atoms with Crippen LogP contribution >= 0.6 is 30.3 Å². The molecule has 0 saturated carbocycles. The van der Waals surface area contributed by atoms with E-state index in [0.29, 0.717) is 21.2 Å². The molecule has 0 saturated heterocycles. The number of aromatic amines is 1. The Kier molecular flexibility index (Phi) is 4.34. The van der Waals surface area contributed by atoms with E-state index < -0.39 is 13.3 Å². The van der Waals surface area contributed by atoms with Gasteiger partial charge in [0.15, 0.2) is 0 Å². The van der Waals surface area contributed by atoms with E-state index in [0.717, 1.165) is 0 Å². The van der Waals surface area contributed by atoms with E-state index in [1.807, 2.05) is 5.38 Å². The highest BCUT2D eigenvalue weighted by molar-refractivity contribution is 7.75. The van der Waals surface area contributed by atoms with E-state index in [-0.39, 0.29) is 17.6 Å². The second kappa shape index (κ2) is 6.13. The highest BCUT2D eigenvalue weighted by Gasteiger charge is 2.36. The van der Waals surface area contributed by atoms with Gasteiger partial charge in [-0.1, -0.05) is 11.6 Å². The predicted molar refractivity (Wildman–Crippen MR) is 94.6 cm³/mol. The number of benzene rings is 1. The minimum Gasteiger partial charge on any atom is -0.364 e. The van der Waals surface area contributed by atoms with E-state index >= 15 is 0 Å². The first-order valence-electron chi connectivity index (χ1n) is 6.86. The molecule has 0 spiro atoms. The Bertz CT molecular complexity index is 920. The van der Waals surface area contributed by atoms with Gasteiger partial charge >= 0.3 is 0 Å². The molecule has 23 heavy (non-hydrogen) atoms. The van der Waals surface area contributed by atoms with Gasteiger partial charge in [-0.2, -0.15) is 11.3 Å². The van der Waals surface area contributed by atoms with Crippen molar-refractivity contribution in [2.24, 2.45) is 5.73 Å². The summed E-state index contributed by atoms with van der Waals surface area (Å²) >= 11 is 7.48. The average Bonchev–Trinajstić information content (AvgIpc) is 3.15. The van der Waals surface area contributed by atoms with Crippen LogP contribution in [0.1, 0.15) is 17.4 Å². The van der Waals surface area contributed by atoms with E-state index in [4.69, 9.17) is 21.9 Å². The van der Waals surface area contributed by atoms with Gasteiger partial charge in [0.2, 0.25) is 0 Å². The maximum absolute atomic E-state index is 13.7. The Balaban J connectivity index is 2.40. The largest absolute Gasteiger partial charge is 0.364 e. The molecule has 120 valence electrons. The molecule has 3 N–H and O–H groups in total. The lowest BCUT2D eigenvalue weighted by Gasteiger charge is -2.17. The summed E-state index contributed by atoms with van der Waals surface area (Å²) < 4.78 is 19.4. The van der Waals surface area contributed by atoms with Gasteiger partial charge in [-0.25, -0.2) is 0 Å². The number of fused-ring (bicyclic) bond motifs is 1. The van der Waals surface area contributed by atoms with Gasteiger partial charge in [0, 0.05) is 21.3 Å². The number of nitrogens with one attached hydrogen (secondary N) is 1. The molecule has 8 heteroatoms. The number of thiophene rings is 1. The fourth-order valence-corrected chi connectivity index (χ4v) is 6.17. The Hall–Kier alpha value is -1.59. The maximum atomic E-state index is 13.7. The van der Waals surface area contributed by atoms with Gasteiger partial charge in [-0.3, -0.25) is 9.36 Å². The zero-order valence-corrected chi connectivity index (χ0v) is 14.7. The smallest absolute Gasteiger partial charge is 0.266 e. The van der Waals surface area contributed by atoms with Gasteiger partial charge in [0.1, 0.15) is 5.69 Å². The molecule has 3 rings (SSSR count). The first kappa shape index (κ1) is 16.3. The molecule has 1 aromatic carbocycles. The SMILES string of the molecule is CCOP(=O)(c1ccsc1)c1c(C(N)=O)[nH]c2ccc(Cl)cc12. The predicted octanol–water partition coefficient (Wildman–Crippen LogP) is 3.25. The highest BCUT2D eigenvalue weighted by atomic mass is 35.5. The lowest BCUT2D eigenvalue weighted by atomic mass is 10.2. The molecule has 1 unspecified atom stereocenters. The quantitative estimate of drug-likeness (QED) is 0.678. The van der Waals surface area contributed by atoms with Crippen molar-refractivity contribution < 1.29 is 13.9 Å². The number of H-pyrrole nitrogens is 1. The van der Waals surface area contributed by atoms with E-state index in [9.17, 15) is 9.36 Å². The zero-order chi connectivity index (χ0) is 16.6. The van der Waals surface area contributed by atoms with Crippen molar-refractivity contribution in [2.45, 2.75) is 6.92 Å². The van der Waals surface area contributed by atoms with Gasteiger partial charge in [0.25, 0.3) is 13.3 Å². The topological polar surface area (TPSA) is 85.2 Å². The summed E-state index contributed by atoms with van der Waals surface area (Å²) in [4.78, 5) is 14.8. The van der Waals surface area contributed by atoms with Gasteiger partial charge < -0.3 is 15.2 Å². The van der Waals surface area contributed by atoms with Gasteiger partial charge in [-0.15, -0.1) is 0 Å². The van der Waals surface area contributed by atoms with Crippen LogP contribution in [0.4, 0.5) is 0 Å². The van der Waals surface area contributed by atoms with Crippen molar-refractivity contribution in [3.8, 4) is 0 Å². The lowest BCUT2D eigenvalue weighted by molar-refractivity contribution is 0.0997. The first-order chi connectivity index (χ1) is 11.0. The second-order valence-corrected chi connectivity index (χ2v) is 8.39. The minimum absolute atomic E-state index is 0.0882. The van der Waals surface area contributed by atoms with Crippen molar-refractivity contribution in [1.82, 2.24) is 4.98 Å². The van der Waals surface area contributed by atoms with Crippen LogP contribution < -0.4 is 16.3 Å². The van der Waals surface area contributed by atoms with Crippen molar-refractivity contribution in [3.63, 3.8) is 0 Å². The Labute approximate surface area is 141 Å². The standard InChI is InChI=1S/C15H14ClN2O3PS/c1-2-21-22(20,10-5-6-23-8-10)14-11-7-9(16)3-4-12(11)18-13(14)15(17)19/h3-8,18H,2H2,1H3,(H2,17,19). The number of aromatic nitrogens is 1. The molecule has 3 aromatic rings. The summed E-state index contributed by atoms with van der Waals surface area (Å²) in [5, 5.41) is 5.43. The average molecular weight is 369 g/mol. The van der Waals surface area contributed by atoms with Crippen molar-refractivity contribution in [1.29, 1.82) is 0 Å². The van der Waals surface area contributed by atoms with Crippen LogP contribution in [0.3, 0.4) is 0 Å². The summed E-state index contributed by atoms with van der Waals surface area (Å²) in [6.07, 6.45) is 0. The fraction of sp³-hybridized carbons (Fsp3) is 0.133. The number of amides is 1. The number of rotatable bonds is 5. The van der Waals surface area contributed by atoms with Gasteiger partial charge in [-0.05, 0) is 36.6 Å². The van der Waals surface area contributed by atoms with Crippen molar-refractivity contribution >= 4 is 57.7 Å². The second-order valence-electron chi connectivity index (χ2n) is 4.85. The molecule has 0 fully saturated rings. The number of halogens is 1. The highest BCUT2D eigenvalue weighted by Crippen LogP contribution is 2.48. The normalized spacial score (nSPS) is 14.0. The summed E-state index contributed by atoms with van der Waals surface area (Å²) in [6.45, 7) is 1.99. The number of carbonyl (C=O) groups is 1. The summed E-state index contributed by atoms with van der Waals surface area (Å²) in [5.74, 6) is -0.692. The van der Waals surface area contributed by atoms with Crippen molar-refractivity contribution in [3.05, 3.63) is 45.7 Å². The number of primary amides is 1. The van der Waals surface area contributed by atoms with Crippen LogP contribution in [-0.4, -0.2) is 17.5 Å². The Morgan fingerprint density at radius 2 is 2.22 bits per heavy atom. The van der Waals surface area contributed by atoms with E-state index in [1.54, 1.807) is 36.6 Å². The number of hydrogen-bond donors (Lipinski definition) is 2. The molecule has 2 aromatic heterocycles. The zero-order valence-electron chi connectivity index (χ0n) is 12.2. The summed E-state index contributed by atoms with van der Waals surface area (Å²) in [6, 6.07) is 6.80. The summed E-state index contributed by atoms with van der Waals surface area (Å²) in [7, 11) is -3.47. The molecule has 2 heterocycles. The third-order valence-electron chi connectivity index (χ3n) is 3.43. The lowest BCUT2D eigenvalue weighted by Crippen LogP contribution is -2.25.